The number of sulfone groups is 1. The molecule has 1 aromatic heterocycles. The lowest BCUT2D eigenvalue weighted by molar-refractivity contribution is -0.117. The van der Waals surface area contributed by atoms with Crippen molar-refractivity contribution >= 4 is 21.4 Å². The van der Waals surface area contributed by atoms with Crippen LogP contribution >= 0.6 is 0 Å². The third kappa shape index (κ3) is 4.78. The summed E-state index contributed by atoms with van der Waals surface area (Å²) in [5.41, 5.74) is 1.88. The standard InChI is InChI=1S/C21H21N3O4S/c1-3-16-7-5-8-17(13-16)22-19(25)14-24-21(26)11-10-20(23-24)29(27,28)18-9-4-6-15(2)12-18/h4-13H,3,14H2,1-2H3,(H,22,25). The van der Waals surface area contributed by atoms with Crippen LogP contribution in [-0.2, 0) is 27.6 Å². The van der Waals surface area contributed by atoms with Gasteiger partial charge in [-0.25, -0.2) is 13.1 Å². The Morgan fingerprint density at radius 2 is 1.83 bits per heavy atom. The minimum absolute atomic E-state index is 0.0797. The van der Waals surface area contributed by atoms with Gasteiger partial charge in [0, 0.05) is 11.8 Å². The van der Waals surface area contributed by atoms with Crippen molar-refractivity contribution in [3.05, 3.63) is 82.1 Å². The zero-order chi connectivity index (χ0) is 21.0. The summed E-state index contributed by atoms with van der Waals surface area (Å²) in [7, 11) is -3.91. The minimum atomic E-state index is -3.91. The number of nitrogens with one attached hydrogen (secondary N) is 1. The van der Waals surface area contributed by atoms with Gasteiger partial charge in [0.05, 0.1) is 4.90 Å². The number of amides is 1. The van der Waals surface area contributed by atoms with Gasteiger partial charge in [-0.3, -0.25) is 9.59 Å². The molecule has 0 unspecified atom stereocenters. The summed E-state index contributed by atoms with van der Waals surface area (Å²) in [5, 5.41) is 6.33. The maximum absolute atomic E-state index is 12.8. The van der Waals surface area contributed by atoms with E-state index in [0.29, 0.717) is 5.69 Å². The Labute approximate surface area is 168 Å². The Bertz CT molecular complexity index is 1220. The molecule has 1 N–H and O–H groups in total. The van der Waals surface area contributed by atoms with Crippen LogP contribution in [0.15, 0.2) is 75.4 Å². The van der Waals surface area contributed by atoms with Crippen molar-refractivity contribution in [3.63, 3.8) is 0 Å². The molecule has 0 aliphatic carbocycles. The highest BCUT2D eigenvalue weighted by Crippen LogP contribution is 2.19. The molecule has 0 saturated carbocycles. The molecule has 0 spiro atoms. The van der Waals surface area contributed by atoms with Crippen LogP contribution in [0.1, 0.15) is 18.1 Å². The third-order valence-electron chi connectivity index (χ3n) is 4.33. The van der Waals surface area contributed by atoms with E-state index in [2.05, 4.69) is 10.4 Å². The molecule has 0 aliphatic rings. The molecule has 0 atom stereocenters. The molecule has 1 amide bonds. The molecule has 3 aromatic rings. The van der Waals surface area contributed by atoms with E-state index in [0.717, 1.165) is 34.4 Å². The molecule has 1 heterocycles. The normalized spacial score (nSPS) is 11.2. The molecule has 8 heteroatoms. The molecule has 7 nitrogen and oxygen atoms in total. The van der Waals surface area contributed by atoms with Crippen LogP contribution in [0, 0.1) is 6.92 Å². The second-order valence-electron chi connectivity index (χ2n) is 6.59. The van der Waals surface area contributed by atoms with Crippen LogP contribution in [0.4, 0.5) is 5.69 Å². The Morgan fingerprint density at radius 1 is 1.07 bits per heavy atom. The summed E-state index contributed by atoms with van der Waals surface area (Å²) >= 11 is 0. The van der Waals surface area contributed by atoms with Gasteiger partial charge in [0.2, 0.25) is 15.7 Å². The lowest BCUT2D eigenvalue weighted by Crippen LogP contribution is -2.30. The van der Waals surface area contributed by atoms with Crippen molar-refractivity contribution in [3.8, 4) is 0 Å². The molecule has 0 fully saturated rings. The van der Waals surface area contributed by atoms with Gasteiger partial charge >= 0.3 is 0 Å². The van der Waals surface area contributed by atoms with Gasteiger partial charge in [-0.2, -0.15) is 5.10 Å². The van der Waals surface area contributed by atoms with E-state index in [9.17, 15) is 18.0 Å². The number of carbonyl (C=O) groups excluding carboxylic acids is 1. The van der Waals surface area contributed by atoms with Gasteiger partial charge in [0.25, 0.3) is 5.56 Å². The van der Waals surface area contributed by atoms with E-state index in [1.165, 1.54) is 12.1 Å². The predicted molar refractivity (Wildman–Crippen MR) is 110 cm³/mol. The number of benzene rings is 2. The molecular formula is C21H21N3O4S. The van der Waals surface area contributed by atoms with Crippen LogP contribution in [0.3, 0.4) is 0 Å². The summed E-state index contributed by atoms with van der Waals surface area (Å²) in [4.78, 5) is 24.5. The average Bonchev–Trinajstić information content (AvgIpc) is 2.69. The van der Waals surface area contributed by atoms with Crippen LogP contribution in [0.2, 0.25) is 0 Å². The van der Waals surface area contributed by atoms with Crippen molar-refractivity contribution in [1.29, 1.82) is 0 Å². The largest absolute Gasteiger partial charge is 0.324 e. The van der Waals surface area contributed by atoms with Gasteiger partial charge in [0.1, 0.15) is 6.54 Å². The molecule has 0 bridgehead atoms. The smallest absolute Gasteiger partial charge is 0.267 e. The fraction of sp³-hybridized carbons (Fsp3) is 0.190. The molecule has 2 aromatic carbocycles. The van der Waals surface area contributed by atoms with E-state index in [4.69, 9.17) is 0 Å². The first kappa shape index (κ1) is 20.5. The fourth-order valence-corrected chi connectivity index (χ4v) is 4.09. The molecular weight excluding hydrogens is 390 g/mol. The summed E-state index contributed by atoms with van der Waals surface area (Å²) in [6.45, 7) is 3.39. The monoisotopic (exact) mass is 411 g/mol. The molecule has 150 valence electrons. The Balaban J connectivity index is 1.85. The first-order valence-electron chi connectivity index (χ1n) is 9.08. The lowest BCUT2D eigenvalue weighted by Gasteiger charge is -2.10. The highest BCUT2D eigenvalue weighted by Gasteiger charge is 2.21. The number of aromatic nitrogens is 2. The van der Waals surface area contributed by atoms with Crippen molar-refractivity contribution in [2.24, 2.45) is 0 Å². The Kier molecular flexibility index (Phi) is 5.93. The number of nitrogens with zero attached hydrogens (tertiary/aromatic N) is 2. The van der Waals surface area contributed by atoms with Crippen LogP contribution < -0.4 is 10.9 Å². The fourth-order valence-electron chi connectivity index (χ4n) is 2.80. The number of aryl methyl sites for hydroxylation is 2. The van der Waals surface area contributed by atoms with Crippen LogP contribution in [0.5, 0.6) is 0 Å². The summed E-state index contributed by atoms with van der Waals surface area (Å²) in [5.74, 6) is -0.474. The minimum Gasteiger partial charge on any atom is -0.324 e. The van der Waals surface area contributed by atoms with Crippen molar-refractivity contribution < 1.29 is 13.2 Å². The summed E-state index contributed by atoms with van der Waals surface area (Å²) in [6.07, 6.45) is 0.823. The predicted octanol–water partition coefficient (Wildman–Crippen LogP) is 2.59. The quantitative estimate of drug-likeness (QED) is 0.672. The summed E-state index contributed by atoms with van der Waals surface area (Å²) < 4.78 is 26.5. The van der Waals surface area contributed by atoms with Crippen molar-refractivity contribution in [2.45, 2.75) is 36.7 Å². The van der Waals surface area contributed by atoms with E-state index in [1.807, 2.05) is 25.1 Å². The zero-order valence-corrected chi connectivity index (χ0v) is 16.9. The Morgan fingerprint density at radius 3 is 2.55 bits per heavy atom. The molecule has 3 rings (SSSR count). The van der Waals surface area contributed by atoms with Crippen molar-refractivity contribution in [1.82, 2.24) is 9.78 Å². The van der Waals surface area contributed by atoms with E-state index in [-0.39, 0.29) is 9.92 Å². The first-order chi connectivity index (χ1) is 13.8. The molecule has 0 radical (unpaired) electrons. The van der Waals surface area contributed by atoms with Crippen LogP contribution in [-0.4, -0.2) is 24.1 Å². The van der Waals surface area contributed by atoms with Gasteiger partial charge in [-0.15, -0.1) is 0 Å². The Hall–Kier alpha value is -3.26. The highest BCUT2D eigenvalue weighted by atomic mass is 32.2. The maximum atomic E-state index is 12.8. The van der Waals surface area contributed by atoms with Gasteiger partial charge in [0.15, 0.2) is 5.03 Å². The molecule has 29 heavy (non-hydrogen) atoms. The summed E-state index contributed by atoms with van der Waals surface area (Å²) in [6, 6.07) is 16.0. The van der Waals surface area contributed by atoms with Gasteiger partial charge in [-0.1, -0.05) is 31.2 Å². The zero-order valence-electron chi connectivity index (χ0n) is 16.1. The third-order valence-corrected chi connectivity index (χ3v) is 5.97. The van der Waals surface area contributed by atoms with E-state index >= 15 is 0 Å². The number of hydrogen-bond donors (Lipinski definition) is 1. The first-order valence-corrected chi connectivity index (χ1v) is 10.6. The number of anilines is 1. The van der Waals surface area contributed by atoms with E-state index in [1.54, 1.807) is 25.1 Å². The number of hydrogen-bond acceptors (Lipinski definition) is 5. The average molecular weight is 411 g/mol. The second kappa shape index (κ2) is 8.40. The molecule has 0 saturated heterocycles. The molecule has 0 aliphatic heterocycles. The van der Waals surface area contributed by atoms with Gasteiger partial charge < -0.3 is 5.32 Å². The highest BCUT2D eigenvalue weighted by molar-refractivity contribution is 7.91. The number of carbonyl (C=O) groups is 1. The van der Waals surface area contributed by atoms with Crippen LogP contribution in [0.25, 0.3) is 0 Å². The SMILES string of the molecule is CCc1cccc(NC(=O)Cn2nc(S(=O)(=O)c3cccc(C)c3)ccc2=O)c1. The van der Waals surface area contributed by atoms with Gasteiger partial charge in [-0.05, 0) is 54.8 Å². The number of rotatable bonds is 6. The van der Waals surface area contributed by atoms with Crippen molar-refractivity contribution in [2.75, 3.05) is 5.32 Å². The second-order valence-corrected chi connectivity index (χ2v) is 8.49. The van der Waals surface area contributed by atoms with E-state index < -0.39 is 27.8 Å². The topological polar surface area (TPSA) is 98.1 Å². The maximum Gasteiger partial charge on any atom is 0.267 e. The lowest BCUT2D eigenvalue weighted by atomic mass is 10.1.